The Labute approximate surface area is 116 Å². The van der Waals surface area contributed by atoms with Crippen LogP contribution in [0.25, 0.3) is 0 Å². The Kier molecular flexibility index (Phi) is 6.78. The smallest absolute Gasteiger partial charge is 0.0724 e. The van der Waals surface area contributed by atoms with Gasteiger partial charge in [0.25, 0.3) is 0 Å². The maximum Gasteiger partial charge on any atom is 0.0724 e. The van der Waals surface area contributed by atoms with Crippen molar-refractivity contribution >= 4 is 12.4 Å². The molecule has 1 aliphatic rings. The number of rotatable bonds is 4. The molecule has 3 heteroatoms. The number of likely N-dealkylation sites (tertiary alicyclic amines) is 1. The minimum Gasteiger partial charge on any atom is -0.303 e. The van der Waals surface area contributed by atoms with Gasteiger partial charge in [-0.3, -0.25) is 0 Å². The molecule has 18 heavy (non-hydrogen) atoms. The predicted octanol–water partition coefficient (Wildman–Crippen LogP) is 3.59. The number of benzene rings is 1. The monoisotopic (exact) mass is 264 g/mol. The molecule has 98 valence electrons. The number of hydrogen-bond donors (Lipinski definition) is 0. The molecule has 2 nitrogen and oxygen atoms in total. The molecule has 1 aromatic rings. The Morgan fingerprint density at radius 3 is 2.39 bits per heavy atom. The van der Waals surface area contributed by atoms with Gasteiger partial charge in [0.1, 0.15) is 0 Å². The van der Waals surface area contributed by atoms with Crippen molar-refractivity contribution in [3.8, 4) is 6.07 Å². The van der Waals surface area contributed by atoms with Gasteiger partial charge >= 0.3 is 0 Å². The molecule has 1 aliphatic heterocycles. The van der Waals surface area contributed by atoms with Gasteiger partial charge in [-0.1, -0.05) is 36.8 Å². The second-order valence-corrected chi connectivity index (χ2v) is 4.78. The second kappa shape index (κ2) is 8.13. The molecule has 1 atom stereocenters. The van der Waals surface area contributed by atoms with Crippen molar-refractivity contribution in [2.75, 3.05) is 19.6 Å². The lowest BCUT2D eigenvalue weighted by molar-refractivity contribution is 0.224. The third-order valence-electron chi connectivity index (χ3n) is 3.54. The Morgan fingerprint density at radius 1 is 1.11 bits per heavy atom. The molecule has 0 aromatic heterocycles. The normalized spacial score (nSPS) is 17.5. The zero-order valence-electron chi connectivity index (χ0n) is 10.7. The van der Waals surface area contributed by atoms with Crippen molar-refractivity contribution < 1.29 is 0 Å². The highest BCUT2D eigenvalue weighted by molar-refractivity contribution is 5.85. The SMILES string of the molecule is Cl.N#CC(CCN1CCCCC1)c1ccccc1. The number of piperidine rings is 1. The number of nitrogens with zero attached hydrogens (tertiary/aromatic N) is 2. The molecule has 0 saturated carbocycles. The maximum absolute atomic E-state index is 9.24. The van der Waals surface area contributed by atoms with E-state index in [1.807, 2.05) is 18.2 Å². The first-order valence-electron chi connectivity index (χ1n) is 6.57. The topological polar surface area (TPSA) is 27.0 Å². The molecule has 0 N–H and O–H groups in total. The standard InChI is InChI=1S/C15H20N2.ClH/c16-13-15(14-7-3-1-4-8-14)9-12-17-10-5-2-6-11-17;/h1,3-4,7-8,15H,2,5-6,9-12H2;1H. The van der Waals surface area contributed by atoms with Crippen molar-refractivity contribution in [2.45, 2.75) is 31.6 Å². The summed E-state index contributed by atoms with van der Waals surface area (Å²) in [5.74, 6) is 0.0538. The Bertz CT molecular complexity index is 366. The van der Waals surface area contributed by atoms with Crippen LogP contribution in [0.1, 0.15) is 37.2 Å². The largest absolute Gasteiger partial charge is 0.303 e. The summed E-state index contributed by atoms with van der Waals surface area (Å²) >= 11 is 0. The quantitative estimate of drug-likeness (QED) is 0.831. The predicted molar refractivity (Wildman–Crippen MR) is 77.0 cm³/mol. The van der Waals surface area contributed by atoms with Crippen molar-refractivity contribution in [3.63, 3.8) is 0 Å². The van der Waals surface area contributed by atoms with Crippen molar-refractivity contribution in [1.82, 2.24) is 4.90 Å². The summed E-state index contributed by atoms with van der Waals surface area (Å²) < 4.78 is 0. The lowest BCUT2D eigenvalue weighted by Gasteiger charge is -2.27. The molecule has 0 spiro atoms. The van der Waals surface area contributed by atoms with E-state index in [4.69, 9.17) is 0 Å². The van der Waals surface area contributed by atoms with E-state index >= 15 is 0 Å². The third-order valence-corrected chi connectivity index (χ3v) is 3.54. The molecular formula is C15H21ClN2. The fourth-order valence-electron chi connectivity index (χ4n) is 2.49. The number of hydrogen-bond acceptors (Lipinski definition) is 2. The van der Waals surface area contributed by atoms with E-state index in [9.17, 15) is 5.26 Å². The zero-order chi connectivity index (χ0) is 11.9. The van der Waals surface area contributed by atoms with Crippen LogP contribution in [0.2, 0.25) is 0 Å². The Morgan fingerprint density at radius 2 is 1.78 bits per heavy atom. The minimum atomic E-state index is 0. The van der Waals surface area contributed by atoms with Crippen LogP contribution in [0.15, 0.2) is 30.3 Å². The van der Waals surface area contributed by atoms with E-state index in [2.05, 4.69) is 23.1 Å². The average Bonchev–Trinajstić information content (AvgIpc) is 2.42. The summed E-state index contributed by atoms with van der Waals surface area (Å²) in [5.41, 5.74) is 1.16. The lowest BCUT2D eigenvalue weighted by atomic mass is 9.97. The van der Waals surface area contributed by atoms with Crippen molar-refractivity contribution in [2.24, 2.45) is 0 Å². The van der Waals surface area contributed by atoms with Crippen LogP contribution in [0.4, 0.5) is 0 Å². The number of nitriles is 1. The maximum atomic E-state index is 9.24. The van der Waals surface area contributed by atoms with Crippen LogP contribution in [0, 0.1) is 11.3 Å². The highest BCUT2D eigenvalue weighted by Crippen LogP contribution is 2.20. The molecule has 0 aliphatic carbocycles. The van der Waals surface area contributed by atoms with Crippen LogP contribution in [-0.4, -0.2) is 24.5 Å². The second-order valence-electron chi connectivity index (χ2n) is 4.78. The minimum absolute atomic E-state index is 0. The van der Waals surface area contributed by atoms with Crippen LogP contribution in [0.5, 0.6) is 0 Å². The molecule has 1 saturated heterocycles. The van der Waals surface area contributed by atoms with Gasteiger partial charge in [0.2, 0.25) is 0 Å². The molecule has 0 bridgehead atoms. The molecule has 1 aromatic carbocycles. The molecule has 1 fully saturated rings. The van der Waals surface area contributed by atoms with Crippen LogP contribution in [0.3, 0.4) is 0 Å². The third kappa shape index (κ3) is 4.33. The molecule has 1 unspecified atom stereocenters. The van der Waals surface area contributed by atoms with Gasteiger partial charge in [-0.15, -0.1) is 12.4 Å². The van der Waals surface area contributed by atoms with Crippen LogP contribution >= 0.6 is 12.4 Å². The summed E-state index contributed by atoms with van der Waals surface area (Å²) in [6, 6.07) is 12.6. The Balaban J connectivity index is 0.00000162. The van der Waals surface area contributed by atoms with E-state index in [1.54, 1.807) is 0 Å². The van der Waals surface area contributed by atoms with Gasteiger partial charge in [0, 0.05) is 0 Å². The summed E-state index contributed by atoms with van der Waals surface area (Å²) in [7, 11) is 0. The van der Waals surface area contributed by atoms with E-state index < -0.39 is 0 Å². The van der Waals surface area contributed by atoms with Gasteiger partial charge in [-0.05, 0) is 44.5 Å². The van der Waals surface area contributed by atoms with Gasteiger partial charge in [-0.2, -0.15) is 5.26 Å². The highest BCUT2D eigenvalue weighted by atomic mass is 35.5. The van der Waals surface area contributed by atoms with Gasteiger partial charge in [-0.25, -0.2) is 0 Å². The van der Waals surface area contributed by atoms with Crippen LogP contribution in [-0.2, 0) is 0 Å². The van der Waals surface area contributed by atoms with Gasteiger partial charge in [0.15, 0.2) is 0 Å². The van der Waals surface area contributed by atoms with Crippen molar-refractivity contribution in [1.29, 1.82) is 5.26 Å². The van der Waals surface area contributed by atoms with Crippen LogP contribution < -0.4 is 0 Å². The molecule has 0 radical (unpaired) electrons. The summed E-state index contributed by atoms with van der Waals surface area (Å²) in [6.45, 7) is 3.49. The molecule has 0 amide bonds. The van der Waals surface area contributed by atoms with Gasteiger partial charge < -0.3 is 4.90 Å². The first kappa shape index (κ1) is 15.0. The molecule has 2 rings (SSSR count). The summed E-state index contributed by atoms with van der Waals surface area (Å²) in [6.07, 6.45) is 4.97. The first-order chi connectivity index (χ1) is 8.40. The van der Waals surface area contributed by atoms with Gasteiger partial charge in [0.05, 0.1) is 12.0 Å². The first-order valence-corrected chi connectivity index (χ1v) is 6.57. The van der Waals surface area contributed by atoms with E-state index in [1.165, 1.54) is 32.4 Å². The fourth-order valence-corrected chi connectivity index (χ4v) is 2.49. The zero-order valence-corrected chi connectivity index (χ0v) is 11.5. The average molecular weight is 265 g/mol. The van der Waals surface area contributed by atoms with E-state index in [0.29, 0.717) is 0 Å². The molecular weight excluding hydrogens is 244 g/mol. The van der Waals surface area contributed by atoms with E-state index in [-0.39, 0.29) is 18.3 Å². The summed E-state index contributed by atoms with van der Waals surface area (Å²) in [5, 5.41) is 9.24. The van der Waals surface area contributed by atoms with Crippen molar-refractivity contribution in [3.05, 3.63) is 35.9 Å². The van der Waals surface area contributed by atoms with E-state index in [0.717, 1.165) is 18.5 Å². The molecule has 1 heterocycles. The fraction of sp³-hybridized carbons (Fsp3) is 0.533. The Hall–Kier alpha value is -1.04. The number of halogens is 1. The summed E-state index contributed by atoms with van der Waals surface area (Å²) in [4.78, 5) is 2.50. The highest BCUT2D eigenvalue weighted by Gasteiger charge is 2.14. The lowest BCUT2D eigenvalue weighted by Crippen LogP contribution is -2.31.